The molecule has 0 radical (unpaired) electrons. The van der Waals surface area contributed by atoms with Crippen LogP contribution in [0.5, 0.6) is 5.75 Å². The van der Waals surface area contributed by atoms with E-state index in [4.69, 9.17) is 16.3 Å². The molecule has 0 saturated carbocycles. The number of nitrogens with one attached hydrogen (secondary N) is 4. The minimum absolute atomic E-state index is 0.0390. The molecule has 3 fully saturated rings. The van der Waals surface area contributed by atoms with Gasteiger partial charge >= 0.3 is 5.51 Å². The number of thioether (sulfide) groups is 1. The number of allylic oxidation sites excluding steroid dienone is 1. The third-order valence-electron chi connectivity index (χ3n) is 19.8. The van der Waals surface area contributed by atoms with Crippen molar-refractivity contribution in [3.05, 3.63) is 154 Å². The molecule has 3 saturated heterocycles. The van der Waals surface area contributed by atoms with Gasteiger partial charge in [-0.2, -0.15) is 13.2 Å². The maximum Gasteiger partial charge on any atom is 0.501 e. The Morgan fingerprint density at radius 3 is 2.23 bits per heavy atom. The average molecular weight is 1530 g/mol. The number of unbranched alkanes of at least 4 members (excludes halogenated alkanes) is 2. The molecule has 21 nitrogen and oxygen atoms in total. The number of aromatic nitrogens is 1. The van der Waals surface area contributed by atoms with Crippen LogP contribution in [0, 0.1) is 5.41 Å². The van der Waals surface area contributed by atoms with Crippen LogP contribution in [-0.2, 0) is 52.2 Å². The molecule has 5 aromatic carbocycles. The molecule has 5 amide bonds. The number of anilines is 2. The lowest BCUT2D eigenvalue weighted by atomic mass is 9.85. The number of sulfone groups is 1. The van der Waals surface area contributed by atoms with Crippen LogP contribution in [0.15, 0.2) is 141 Å². The lowest BCUT2D eigenvalue weighted by Crippen LogP contribution is -2.57. The molecule has 5 heterocycles. The number of halogens is 4. The van der Waals surface area contributed by atoms with Crippen molar-refractivity contribution >= 4 is 101 Å². The van der Waals surface area contributed by atoms with E-state index in [1.165, 1.54) is 63.3 Å². The highest BCUT2D eigenvalue weighted by Gasteiger charge is 2.49. The van der Waals surface area contributed by atoms with E-state index in [9.17, 15) is 59.1 Å². The lowest BCUT2D eigenvalue weighted by molar-refractivity contribution is -0.144. The first kappa shape index (κ1) is 77.5. The summed E-state index contributed by atoms with van der Waals surface area (Å²) in [5.74, 6) is -1.45. The van der Waals surface area contributed by atoms with Gasteiger partial charge < -0.3 is 40.5 Å². The topological polar surface area (TPSA) is 260 Å². The number of carbonyl (C=O) groups is 5. The van der Waals surface area contributed by atoms with E-state index in [2.05, 4.69) is 47.8 Å². The third kappa shape index (κ3) is 19.7. The summed E-state index contributed by atoms with van der Waals surface area (Å²) in [7, 11) is -11.1. The number of likely N-dealkylation sites (tertiary alicyclic amines) is 1. The van der Waals surface area contributed by atoms with E-state index in [1.807, 2.05) is 86.2 Å². The number of hydrogen-bond acceptors (Lipinski definition) is 18. The number of sulfonamides is 1. The summed E-state index contributed by atoms with van der Waals surface area (Å²) >= 11 is 9.14. The summed E-state index contributed by atoms with van der Waals surface area (Å²) in [6.45, 7) is 11.9. The van der Waals surface area contributed by atoms with E-state index in [0.717, 1.165) is 89.7 Å². The zero-order valence-electron chi connectivity index (χ0n) is 58.6. The normalized spacial score (nSPS) is 18.4. The SMILES string of the molecule is CC(C)(C)[C@H](NC(=O)CCCCCC(=O)N1CCN(CC[C@H](CSc2ccccc2)Nc2ccc(S(=O)(=O)NC(=O)c3ccc(N4CCN(CC5=C(c6ccc(Cl)cc6)CCCCC5)CC4)cc3)cc2S(=O)(=O)C(F)(F)F)CC1)C(=O)N1C[C@H](O)C[C@H]1C(=O)NCc1ccc2c(c1)OCc1ncsc1-2. The van der Waals surface area contributed by atoms with Gasteiger partial charge in [-0.1, -0.05) is 87.2 Å². The van der Waals surface area contributed by atoms with Crippen molar-refractivity contribution in [1.29, 1.82) is 0 Å². The van der Waals surface area contributed by atoms with Gasteiger partial charge in [0.1, 0.15) is 29.3 Å². The molecular weight excluding hydrogens is 1440 g/mol. The van der Waals surface area contributed by atoms with Crippen LogP contribution in [0.4, 0.5) is 24.5 Å². The third-order valence-corrected chi connectivity index (χ3v) is 25.0. The number of amides is 5. The number of hydrogen-bond donors (Lipinski definition) is 5. The monoisotopic (exact) mass is 1530 g/mol. The van der Waals surface area contributed by atoms with Gasteiger partial charge in [0.25, 0.3) is 25.8 Å². The summed E-state index contributed by atoms with van der Waals surface area (Å²) in [5.41, 5.74) is 2.16. The van der Waals surface area contributed by atoms with Gasteiger partial charge in [-0.15, -0.1) is 23.1 Å². The maximum atomic E-state index is 14.6. The number of piperazine rings is 2. The Morgan fingerprint density at radius 1 is 0.798 bits per heavy atom. The second kappa shape index (κ2) is 34.3. The standard InChI is InChI=1S/C75H90ClF3N10O11S4/c1-74(2,3)70(73(95)89-46-57(90)42-64(89)72(94)80-44-50-19-29-61-65(41-50)100-47-63-69(61)102-49-81-63)83-67(91)17-11-6-12-18-68(92)88-39-33-85(34-40-88)32-31-55(48-101-58-14-8-5-9-15-58)82-62-30-28-59(43-66(62)103(96,97)75(77,78)79)104(98,99)84-71(93)52-22-26-56(27-23-52)87-37-35-86(36-38-87)45-53-13-7-4-10-16-60(53)51-20-24-54(76)25-21-51/h5,8-9,14-15,19-30,41,43,49,55,57,64,70,82,90H,4,6-7,10-13,16-18,31-40,42,44-48H2,1-3H3,(H,80,94)(H,83,91)(H,84,93)/t55-,57-,64+,70-/m1/s1. The molecule has 1 aromatic heterocycles. The first-order chi connectivity index (χ1) is 49.7. The second-order valence-electron chi connectivity index (χ2n) is 28.3. The van der Waals surface area contributed by atoms with Crippen LogP contribution in [0.2, 0.25) is 5.02 Å². The quantitative estimate of drug-likeness (QED) is 0.0237. The van der Waals surface area contributed by atoms with Crippen LogP contribution in [-0.4, -0.2) is 184 Å². The number of carbonyl (C=O) groups excluding carboxylic acids is 5. The van der Waals surface area contributed by atoms with E-state index in [-0.39, 0.29) is 55.5 Å². The average Bonchev–Trinajstić information content (AvgIpc) is 0.894. The fraction of sp³-hybridized carbons (Fsp3) is 0.467. The van der Waals surface area contributed by atoms with Crippen LogP contribution in [0.1, 0.15) is 125 Å². The van der Waals surface area contributed by atoms with Crippen LogP contribution in [0.25, 0.3) is 16.0 Å². The van der Waals surface area contributed by atoms with Gasteiger partial charge in [-0.05, 0) is 146 Å². The smallest absolute Gasteiger partial charge is 0.487 e. The van der Waals surface area contributed by atoms with Gasteiger partial charge in [-0.25, -0.2) is 26.5 Å². The van der Waals surface area contributed by atoms with Crippen molar-refractivity contribution in [1.82, 2.24) is 39.9 Å². The van der Waals surface area contributed by atoms with Gasteiger partial charge in [0.05, 0.1) is 32.8 Å². The summed E-state index contributed by atoms with van der Waals surface area (Å²) in [6.07, 6.45) is 6.76. The van der Waals surface area contributed by atoms with Crippen LogP contribution >= 0.6 is 34.7 Å². The number of ether oxygens (including phenoxy) is 1. The molecular formula is C75H90ClF3N10O11S4. The fourth-order valence-electron chi connectivity index (χ4n) is 13.9. The molecule has 0 bridgehead atoms. The number of nitrogens with zero attached hydrogens (tertiary/aromatic N) is 6. The maximum absolute atomic E-state index is 14.6. The van der Waals surface area contributed by atoms with Crippen molar-refractivity contribution in [3.8, 4) is 16.2 Å². The van der Waals surface area contributed by atoms with Gasteiger partial charge in [0.2, 0.25) is 23.6 Å². The fourth-order valence-corrected chi connectivity index (χ4v) is 17.9. The highest BCUT2D eigenvalue weighted by molar-refractivity contribution is 7.99. The van der Waals surface area contributed by atoms with Gasteiger partial charge in [0, 0.05) is 136 Å². The zero-order valence-corrected chi connectivity index (χ0v) is 62.6. The Kier molecular flexibility index (Phi) is 25.6. The van der Waals surface area contributed by atoms with Crippen molar-refractivity contribution < 1.29 is 63.8 Å². The summed E-state index contributed by atoms with van der Waals surface area (Å²) in [5, 5.41) is 20.3. The van der Waals surface area contributed by atoms with Crippen LogP contribution in [0.3, 0.4) is 0 Å². The number of aliphatic hydroxyl groups is 1. The van der Waals surface area contributed by atoms with Crippen molar-refractivity contribution in [3.63, 3.8) is 0 Å². The molecule has 0 spiro atoms. The Morgan fingerprint density at radius 2 is 1.51 bits per heavy atom. The van der Waals surface area contributed by atoms with Crippen molar-refractivity contribution in [2.45, 2.75) is 155 Å². The number of aliphatic hydroxyl groups excluding tert-OH is 1. The Hall–Kier alpha value is -7.57. The Balaban J connectivity index is 0.640. The number of β-amino-alcohol motifs (C(OH)–C–C–N with tert-alkyl or cyclic N) is 1. The van der Waals surface area contributed by atoms with Crippen molar-refractivity contribution in [2.75, 3.05) is 88.0 Å². The molecule has 29 heteroatoms. The molecule has 5 N–H and O–H groups in total. The summed E-state index contributed by atoms with van der Waals surface area (Å²) in [6, 6.07) is 29.0. The van der Waals surface area contributed by atoms with E-state index in [0.29, 0.717) is 94.9 Å². The lowest BCUT2D eigenvalue weighted by Gasteiger charge is -2.37. The number of rotatable bonds is 27. The molecule has 5 aliphatic rings. The van der Waals surface area contributed by atoms with Crippen molar-refractivity contribution in [2.24, 2.45) is 5.41 Å². The Labute approximate surface area is 619 Å². The predicted octanol–water partition coefficient (Wildman–Crippen LogP) is 11.2. The summed E-state index contributed by atoms with van der Waals surface area (Å²) < 4.78 is 106. The van der Waals surface area contributed by atoms with E-state index in [1.54, 1.807) is 22.5 Å². The van der Waals surface area contributed by atoms with E-state index >= 15 is 0 Å². The molecule has 0 unspecified atom stereocenters. The van der Waals surface area contributed by atoms with Gasteiger partial charge in [0.15, 0.2) is 0 Å². The molecule has 11 rings (SSSR count). The molecule has 4 aliphatic heterocycles. The Bertz CT molecular complexity index is 4300. The number of benzene rings is 5. The first-order valence-corrected chi connectivity index (χ1v) is 40.6. The van der Waals surface area contributed by atoms with Crippen LogP contribution < -0.4 is 30.3 Å². The second-order valence-corrected chi connectivity index (χ2v) is 34.2. The minimum atomic E-state index is -6.18. The minimum Gasteiger partial charge on any atom is -0.487 e. The molecule has 1 aliphatic carbocycles. The summed E-state index contributed by atoms with van der Waals surface area (Å²) in [4.78, 5) is 82.4. The molecule has 4 atom stereocenters. The zero-order chi connectivity index (χ0) is 73.9. The number of fused-ring (bicyclic) bond motifs is 3. The van der Waals surface area contributed by atoms with Gasteiger partial charge in [-0.3, -0.25) is 33.8 Å². The molecule has 558 valence electrons. The first-order valence-electron chi connectivity index (χ1n) is 35.4. The van der Waals surface area contributed by atoms with E-state index < -0.39 is 88.2 Å². The highest BCUT2D eigenvalue weighted by Crippen LogP contribution is 2.41. The predicted molar refractivity (Wildman–Crippen MR) is 397 cm³/mol. The molecule has 104 heavy (non-hydrogen) atoms. The number of thiazole rings is 1. The molecule has 6 aromatic rings. The number of alkyl halides is 3. The highest BCUT2D eigenvalue weighted by atomic mass is 35.5. The largest absolute Gasteiger partial charge is 0.501 e.